The number of methoxy groups -OCH3 is 3. The average molecular weight is 480 g/mol. The summed E-state index contributed by atoms with van der Waals surface area (Å²) in [6.45, 7) is 2.78. The second kappa shape index (κ2) is 11.1. The highest BCUT2D eigenvalue weighted by Crippen LogP contribution is 2.38. The summed E-state index contributed by atoms with van der Waals surface area (Å²) in [6.07, 6.45) is -0.269. The van der Waals surface area contributed by atoms with Gasteiger partial charge in [0.2, 0.25) is 5.75 Å². The molecule has 3 rings (SSSR count). The molecule has 33 heavy (non-hydrogen) atoms. The molecule has 182 valence electrons. The summed E-state index contributed by atoms with van der Waals surface area (Å²) in [4.78, 5) is 1.99. The van der Waals surface area contributed by atoms with Crippen LogP contribution in [0.15, 0.2) is 36.4 Å². The fourth-order valence-corrected chi connectivity index (χ4v) is 5.78. The number of sulfone groups is 1. The van der Waals surface area contributed by atoms with Crippen LogP contribution in [0, 0.1) is 6.92 Å². The van der Waals surface area contributed by atoms with Crippen LogP contribution in [0.4, 0.5) is 0 Å². The second-order valence-electron chi connectivity index (χ2n) is 8.30. The van der Waals surface area contributed by atoms with Crippen LogP contribution in [0.2, 0.25) is 0 Å². The summed E-state index contributed by atoms with van der Waals surface area (Å²) >= 11 is 0. The third kappa shape index (κ3) is 6.75. The Balaban J connectivity index is 1.76. The van der Waals surface area contributed by atoms with E-state index in [9.17, 15) is 13.5 Å². The van der Waals surface area contributed by atoms with Crippen LogP contribution in [-0.4, -0.2) is 76.6 Å². The van der Waals surface area contributed by atoms with Crippen molar-refractivity contribution in [3.8, 4) is 23.0 Å². The lowest BCUT2D eigenvalue weighted by molar-refractivity contribution is 0.0524. The Morgan fingerprint density at radius 3 is 2.21 bits per heavy atom. The predicted molar refractivity (Wildman–Crippen MR) is 126 cm³/mol. The maximum Gasteiger partial charge on any atom is 0.203 e. The van der Waals surface area contributed by atoms with Crippen molar-refractivity contribution >= 4 is 9.84 Å². The molecule has 1 aliphatic rings. The van der Waals surface area contributed by atoms with Gasteiger partial charge >= 0.3 is 0 Å². The van der Waals surface area contributed by atoms with Gasteiger partial charge in [-0.25, -0.2) is 8.42 Å². The van der Waals surface area contributed by atoms with E-state index in [0.29, 0.717) is 36.0 Å². The highest BCUT2D eigenvalue weighted by molar-refractivity contribution is 7.91. The van der Waals surface area contributed by atoms with Crippen LogP contribution in [-0.2, 0) is 16.4 Å². The van der Waals surface area contributed by atoms with Crippen molar-refractivity contribution in [3.63, 3.8) is 0 Å². The van der Waals surface area contributed by atoms with Gasteiger partial charge in [0.1, 0.15) is 18.5 Å². The molecule has 0 aromatic heterocycles. The molecule has 8 nitrogen and oxygen atoms in total. The highest BCUT2D eigenvalue weighted by atomic mass is 32.2. The number of ether oxygens (including phenoxy) is 4. The first-order chi connectivity index (χ1) is 15.7. The molecule has 0 saturated carbocycles. The average Bonchev–Trinajstić information content (AvgIpc) is 3.17. The van der Waals surface area contributed by atoms with Crippen molar-refractivity contribution in [2.24, 2.45) is 0 Å². The number of aliphatic hydroxyl groups is 1. The number of aryl methyl sites for hydroxylation is 1. The largest absolute Gasteiger partial charge is 0.493 e. The topological polar surface area (TPSA) is 94.5 Å². The molecule has 1 N–H and O–H groups in total. The van der Waals surface area contributed by atoms with Crippen molar-refractivity contribution in [3.05, 3.63) is 47.5 Å². The molecular formula is C24H33NO7S. The van der Waals surface area contributed by atoms with E-state index in [-0.39, 0.29) is 30.7 Å². The Labute approximate surface area is 195 Å². The number of hydrogen-bond donors (Lipinski definition) is 1. The van der Waals surface area contributed by atoms with Gasteiger partial charge in [-0.2, -0.15) is 0 Å². The first-order valence-corrected chi connectivity index (χ1v) is 12.7. The molecule has 0 aliphatic carbocycles. The molecule has 2 unspecified atom stereocenters. The molecule has 1 aliphatic heterocycles. The Kier molecular flexibility index (Phi) is 8.45. The molecular weight excluding hydrogens is 446 g/mol. The maximum absolute atomic E-state index is 12.1. The van der Waals surface area contributed by atoms with Gasteiger partial charge in [0.25, 0.3) is 0 Å². The Hall–Kier alpha value is -2.49. The van der Waals surface area contributed by atoms with E-state index in [1.807, 2.05) is 48.2 Å². The number of nitrogens with zero attached hydrogens (tertiary/aromatic N) is 1. The zero-order valence-electron chi connectivity index (χ0n) is 19.6. The molecule has 9 heteroatoms. The SMILES string of the molecule is COc1cc(CN(CC(O)COc2ccc(C)cc2)C2CCS(=O)(=O)C2)cc(OC)c1OC. The Bertz CT molecular complexity index is 999. The highest BCUT2D eigenvalue weighted by Gasteiger charge is 2.33. The monoisotopic (exact) mass is 479 g/mol. The van der Waals surface area contributed by atoms with Crippen molar-refractivity contribution in [2.75, 3.05) is 46.0 Å². The van der Waals surface area contributed by atoms with Gasteiger partial charge in [0.05, 0.1) is 32.8 Å². The van der Waals surface area contributed by atoms with Crippen molar-refractivity contribution in [1.82, 2.24) is 4.90 Å². The summed E-state index contributed by atoms with van der Waals surface area (Å²) in [5, 5.41) is 10.7. The van der Waals surface area contributed by atoms with Crippen molar-refractivity contribution < 1.29 is 32.5 Å². The van der Waals surface area contributed by atoms with Gasteiger partial charge in [-0.05, 0) is 43.2 Å². The van der Waals surface area contributed by atoms with Crippen molar-refractivity contribution in [2.45, 2.75) is 32.0 Å². The van der Waals surface area contributed by atoms with Crippen LogP contribution >= 0.6 is 0 Å². The molecule has 1 fully saturated rings. The first kappa shape index (κ1) is 25.1. The van der Waals surface area contributed by atoms with Crippen LogP contribution < -0.4 is 18.9 Å². The molecule has 2 aromatic rings. The zero-order chi connectivity index (χ0) is 24.0. The smallest absolute Gasteiger partial charge is 0.203 e. The van der Waals surface area contributed by atoms with E-state index in [1.165, 1.54) is 0 Å². The van der Waals surface area contributed by atoms with Crippen LogP contribution in [0.3, 0.4) is 0 Å². The number of aliphatic hydroxyl groups excluding tert-OH is 1. The molecule has 2 aromatic carbocycles. The molecule has 0 radical (unpaired) electrons. The summed E-state index contributed by atoms with van der Waals surface area (Å²) in [5.74, 6) is 2.44. The van der Waals surface area contributed by atoms with Crippen LogP contribution in [0.25, 0.3) is 0 Å². The number of hydrogen-bond acceptors (Lipinski definition) is 8. The predicted octanol–water partition coefficient (Wildman–Crippen LogP) is 2.45. The van der Waals surface area contributed by atoms with E-state index in [2.05, 4.69) is 0 Å². The number of rotatable bonds is 11. The van der Waals surface area contributed by atoms with Gasteiger partial charge in [0.15, 0.2) is 21.3 Å². The van der Waals surface area contributed by atoms with Gasteiger partial charge in [-0.1, -0.05) is 17.7 Å². The minimum absolute atomic E-state index is 0.0724. The van der Waals surface area contributed by atoms with Gasteiger partial charge in [-0.15, -0.1) is 0 Å². The molecule has 1 heterocycles. The minimum Gasteiger partial charge on any atom is -0.493 e. The van der Waals surface area contributed by atoms with Gasteiger partial charge in [-0.3, -0.25) is 4.90 Å². The van der Waals surface area contributed by atoms with Crippen molar-refractivity contribution in [1.29, 1.82) is 0 Å². The van der Waals surface area contributed by atoms with Gasteiger partial charge < -0.3 is 24.1 Å². The summed E-state index contributed by atoms with van der Waals surface area (Å²) in [7, 11) is 1.55. The van der Waals surface area contributed by atoms with E-state index in [0.717, 1.165) is 11.1 Å². The molecule has 2 atom stereocenters. The lowest BCUT2D eigenvalue weighted by Gasteiger charge is -2.30. The minimum atomic E-state index is -3.09. The fraction of sp³-hybridized carbons (Fsp3) is 0.500. The van der Waals surface area contributed by atoms with E-state index < -0.39 is 15.9 Å². The molecule has 0 bridgehead atoms. The zero-order valence-corrected chi connectivity index (χ0v) is 20.4. The number of benzene rings is 2. The summed E-state index contributed by atoms with van der Waals surface area (Å²) in [5.41, 5.74) is 1.99. The molecule has 1 saturated heterocycles. The first-order valence-electron chi connectivity index (χ1n) is 10.9. The van der Waals surface area contributed by atoms with E-state index >= 15 is 0 Å². The second-order valence-corrected chi connectivity index (χ2v) is 10.5. The van der Waals surface area contributed by atoms with Crippen LogP contribution in [0.5, 0.6) is 23.0 Å². The quantitative estimate of drug-likeness (QED) is 0.525. The Morgan fingerprint density at radius 1 is 1.06 bits per heavy atom. The van der Waals surface area contributed by atoms with E-state index in [1.54, 1.807) is 21.3 Å². The third-order valence-corrected chi connectivity index (χ3v) is 7.49. The van der Waals surface area contributed by atoms with Gasteiger partial charge in [0, 0.05) is 19.1 Å². The fourth-order valence-electron chi connectivity index (χ4n) is 4.02. The standard InChI is InChI=1S/C24H33NO7S/c1-17-5-7-21(8-6-17)32-15-20(26)14-25(19-9-10-33(27,28)16-19)13-18-11-22(29-2)24(31-4)23(12-18)30-3/h5-8,11-12,19-20,26H,9-10,13-16H2,1-4H3. The third-order valence-electron chi connectivity index (χ3n) is 5.74. The van der Waals surface area contributed by atoms with Crippen LogP contribution in [0.1, 0.15) is 17.5 Å². The maximum atomic E-state index is 12.1. The Morgan fingerprint density at radius 2 is 1.70 bits per heavy atom. The normalized spacial score (nSPS) is 18.2. The lowest BCUT2D eigenvalue weighted by atomic mass is 10.1. The molecule has 0 amide bonds. The summed E-state index contributed by atoms with van der Waals surface area (Å²) < 4.78 is 46.3. The van der Waals surface area contributed by atoms with E-state index in [4.69, 9.17) is 18.9 Å². The lowest BCUT2D eigenvalue weighted by Crippen LogP contribution is -2.42. The molecule has 0 spiro atoms. The summed E-state index contributed by atoms with van der Waals surface area (Å²) in [6, 6.07) is 11.1.